The Morgan fingerprint density at radius 2 is 2.09 bits per heavy atom. The van der Waals surface area contributed by atoms with Crippen molar-refractivity contribution in [3.63, 3.8) is 0 Å². The van der Waals surface area contributed by atoms with Gasteiger partial charge in [-0.25, -0.2) is 4.98 Å². The number of carbonyl (C=O) groups is 1. The number of ether oxygens (including phenoxy) is 1. The van der Waals surface area contributed by atoms with Crippen molar-refractivity contribution in [2.75, 3.05) is 25.0 Å². The number of anilines is 1. The topological polar surface area (TPSA) is 63.2 Å². The summed E-state index contributed by atoms with van der Waals surface area (Å²) < 4.78 is 40.5. The molecule has 0 radical (unpaired) electrons. The Bertz CT molecular complexity index is 485. The molecule has 0 aromatic carbocycles. The third-order valence-electron chi connectivity index (χ3n) is 3.34. The maximum atomic E-state index is 12.0. The number of nitrogens with zero attached hydrogens (tertiary/aromatic N) is 1. The van der Waals surface area contributed by atoms with Crippen LogP contribution in [0.25, 0.3) is 0 Å². The van der Waals surface area contributed by atoms with Crippen molar-refractivity contribution in [1.29, 1.82) is 0 Å². The molecule has 0 bridgehead atoms. The zero-order chi connectivity index (χ0) is 16.0. The van der Waals surface area contributed by atoms with Crippen LogP contribution in [0.3, 0.4) is 0 Å². The number of halogens is 3. The number of aromatic nitrogens is 1. The van der Waals surface area contributed by atoms with E-state index in [2.05, 4.69) is 20.4 Å². The lowest BCUT2D eigenvalue weighted by Crippen LogP contribution is -2.30. The summed E-state index contributed by atoms with van der Waals surface area (Å²) >= 11 is 0. The van der Waals surface area contributed by atoms with Crippen LogP contribution in [0.1, 0.15) is 19.3 Å². The predicted molar refractivity (Wildman–Crippen MR) is 74.6 cm³/mol. The summed E-state index contributed by atoms with van der Waals surface area (Å²) in [6.07, 6.45) is -0.741. The molecular formula is C14H18F3N3O2. The highest BCUT2D eigenvalue weighted by molar-refractivity contribution is 5.90. The Morgan fingerprint density at radius 3 is 2.68 bits per heavy atom. The average Bonchev–Trinajstić information content (AvgIpc) is 2.47. The zero-order valence-corrected chi connectivity index (χ0v) is 11.9. The van der Waals surface area contributed by atoms with Gasteiger partial charge in [0.05, 0.1) is 11.9 Å². The van der Waals surface area contributed by atoms with Crippen molar-refractivity contribution in [1.82, 2.24) is 10.3 Å². The van der Waals surface area contributed by atoms with E-state index < -0.39 is 12.8 Å². The lowest BCUT2D eigenvalue weighted by atomic mass is 9.94. The number of hydrogen-bond acceptors (Lipinski definition) is 4. The van der Waals surface area contributed by atoms with Gasteiger partial charge in [0.2, 0.25) is 11.8 Å². The second kappa shape index (κ2) is 7.44. The van der Waals surface area contributed by atoms with Gasteiger partial charge < -0.3 is 15.4 Å². The molecule has 2 heterocycles. The summed E-state index contributed by atoms with van der Waals surface area (Å²) in [6.45, 7) is 0.455. The maximum Gasteiger partial charge on any atom is 0.422 e. The van der Waals surface area contributed by atoms with Gasteiger partial charge in [-0.15, -0.1) is 0 Å². The number of carbonyl (C=O) groups excluding carboxylic acids is 1. The molecule has 8 heteroatoms. The third-order valence-corrected chi connectivity index (χ3v) is 3.34. The van der Waals surface area contributed by atoms with Crippen molar-refractivity contribution in [2.24, 2.45) is 5.92 Å². The highest BCUT2D eigenvalue weighted by Crippen LogP contribution is 2.19. The van der Waals surface area contributed by atoms with Crippen LogP contribution < -0.4 is 15.4 Å². The largest absolute Gasteiger partial charge is 0.468 e. The molecule has 22 heavy (non-hydrogen) atoms. The fourth-order valence-electron chi connectivity index (χ4n) is 2.26. The smallest absolute Gasteiger partial charge is 0.422 e. The number of amides is 1. The minimum atomic E-state index is -4.40. The molecule has 0 unspecified atom stereocenters. The number of nitrogens with one attached hydrogen (secondary N) is 2. The second-order valence-electron chi connectivity index (χ2n) is 5.23. The van der Waals surface area contributed by atoms with Gasteiger partial charge in [-0.1, -0.05) is 0 Å². The highest BCUT2D eigenvalue weighted by atomic mass is 19.4. The summed E-state index contributed by atoms with van der Waals surface area (Å²) in [6, 6.07) is 2.77. The Morgan fingerprint density at radius 1 is 1.36 bits per heavy atom. The predicted octanol–water partition coefficient (Wildman–Crippen LogP) is 2.35. The van der Waals surface area contributed by atoms with Crippen LogP contribution in [0.2, 0.25) is 0 Å². The number of alkyl halides is 3. The minimum Gasteiger partial charge on any atom is -0.468 e. The Balaban J connectivity index is 1.79. The molecule has 122 valence electrons. The van der Waals surface area contributed by atoms with Gasteiger partial charge in [-0.05, 0) is 37.9 Å². The molecule has 2 rings (SSSR count). The zero-order valence-electron chi connectivity index (χ0n) is 11.9. The SMILES string of the molecule is O=C(CC1CCNCC1)Nc1ccc(OCC(F)(F)F)nc1. The van der Waals surface area contributed by atoms with Crippen molar-refractivity contribution >= 4 is 11.6 Å². The second-order valence-corrected chi connectivity index (χ2v) is 5.23. The Kier molecular flexibility index (Phi) is 5.59. The van der Waals surface area contributed by atoms with Crippen LogP contribution >= 0.6 is 0 Å². The molecule has 1 fully saturated rings. The minimum absolute atomic E-state index is 0.113. The van der Waals surface area contributed by atoms with Crippen LogP contribution in [-0.2, 0) is 4.79 Å². The van der Waals surface area contributed by atoms with E-state index in [9.17, 15) is 18.0 Å². The molecule has 2 N–H and O–H groups in total. The van der Waals surface area contributed by atoms with Gasteiger partial charge in [0.1, 0.15) is 0 Å². The number of rotatable bonds is 5. The first-order valence-electron chi connectivity index (χ1n) is 7.08. The highest BCUT2D eigenvalue weighted by Gasteiger charge is 2.28. The van der Waals surface area contributed by atoms with Crippen molar-refractivity contribution in [2.45, 2.75) is 25.4 Å². The molecule has 1 saturated heterocycles. The fraction of sp³-hybridized carbons (Fsp3) is 0.571. The molecule has 0 spiro atoms. The normalized spacial score (nSPS) is 16.3. The van der Waals surface area contributed by atoms with Crippen molar-refractivity contribution in [3.05, 3.63) is 18.3 Å². The molecule has 1 aromatic rings. The monoisotopic (exact) mass is 317 g/mol. The van der Waals surface area contributed by atoms with E-state index in [1.54, 1.807) is 0 Å². The molecule has 0 atom stereocenters. The summed E-state index contributed by atoms with van der Waals surface area (Å²) in [5.41, 5.74) is 0.443. The Labute approximate surface area is 126 Å². The lowest BCUT2D eigenvalue weighted by molar-refractivity contribution is -0.154. The van der Waals surface area contributed by atoms with E-state index in [1.165, 1.54) is 18.3 Å². The van der Waals surface area contributed by atoms with E-state index in [4.69, 9.17) is 0 Å². The lowest BCUT2D eigenvalue weighted by Gasteiger charge is -2.21. The van der Waals surface area contributed by atoms with Gasteiger partial charge in [0, 0.05) is 12.5 Å². The first kappa shape index (κ1) is 16.5. The average molecular weight is 317 g/mol. The standard InChI is InChI=1S/C14H18F3N3O2/c15-14(16,17)9-22-13-2-1-11(8-19-13)20-12(21)7-10-3-5-18-6-4-10/h1-2,8,10,18H,3-7,9H2,(H,20,21). The van der Waals surface area contributed by atoms with E-state index >= 15 is 0 Å². The van der Waals surface area contributed by atoms with Crippen molar-refractivity contribution in [3.8, 4) is 5.88 Å². The van der Waals surface area contributed by atoms with Crippen LogP contribution in [0.4, 0.5) is 18.9 Å². The molecule has 1 aliphatic heterocycles. The molecule has 5 nitrogen and oxygen atoms in total. The number of hydrogen-bond donors (Lipinski definition) is 2. The number of piperidine rings is 1. The summed E-state index contributed by atoms with van der Waals surface area (Å²) in [4.78, 5) is 15.6. The van der Waals surface area contributed by atoms with Crippen LogP contribution in [-0.4, -0.2) is 36.8 Å². The van der Waals surface area contributed by atoms with E-state index in [1.807, 2.05) is 0 Å². The Hall–Kier alpha value is -1.83. The van der Waals surface area contributed by atoms with Gasteiger partial charge in [-0.3, -0.25) is 4.79 Å². The van der Waals surface area contributed by atoms with Crippen LogP contribution in [0, 0.1) is 5.92 Å². The summed E-state index contributed by atoms with van der Waals surface area (Å²) in [7, 11) is 0. The maximum absolute atomic E-state index is 12.0. The van der Waals surface area contributed by atoms with Crippen LogP contribution in [0.5, 0.6) is 5.88 Å². The number of pyridine rings is 1. The van der Waals surface area contributed by atoms with E-state index in [0.717, 1.165) is 25.9 Å². The van der Waals surface area contributed by atoms with Gasteiger partial charge in [0.25, 0.3) is 0 Å². The summed E-state index contributed by atoms with van der Waals surface area (Å²) in [5, 5.41) is 5.92. The molecule has 0 saturated carbocycles. The fourth-order valence-corrected chi connectivity index (χ4v) is 2.26. The van der Waals surface area contributed by atoms with Gasteiger partial charge >= 0.3 is 6.18 Å². The van der Waals surface area contributed by atoms with Gasteiger partial charge in [0.15, 0.2) is 6.61 Å². The molecule has 1 aromatic heterocycles. The van der Waals surface area contributed by atoms with Crippen molar-refractivity contribution < 1.29 is 22.7 Å². The molecule has 1 aliphatic rings. The summed E-state index contributed by atoms with van der Waals surface area (Å²) in [5.74, 6) is 0.120. The van der Waals surface area contributed by atoms with Gasteiger partial charge in [-0.2, -0.15) is 13.2 Å². The molecule has 0 aliphatic carbocycles. The van der Waals surface area contributed by atoms with E-state index in [0.29, 0.717) is 18.0 Å². The molecular weight excluding hydrogens is 299 g/mol. The first-order valence-corrected chi connectivity index (χ1v) is 7.08. The third kappa shape index (κ3) is 5.88. The molecule has 1 amide bonds. The quantitative estimate of drug-likeness (QED) is 0.875. The van der Waals surface area contributed by atoms with Crippen LogP contribution in [0.15, 0.2) is 18.3 Å². The first-order chi connectivity index (χ1) is 10.4. The van der Waals surface area contributed by atoms with E-state index in [-0.39, 0.29) is 11.8 Å².